The smallest absolute Gasteiger partial charge is 0.270 e. The minimum Gasteiger partial charge on any atom is -0.493 e. The number of benzene rings is 2. The Hall–Kier alpha value is -2.03. The van der Waals surface area contributed by atoms with Gasteiger partial charge in [0.15, 0.2) is 15.8 Å². The number of fused-ring (bicyclic) bond motifs is 1. The lowest BCUT2D eigenvalue weighted by atomic mass is 10.1. The van der Waals surface area contributed by atoms with Crippen LogP contribution in [0.4, 0.5) is 5.69 Å². The minimum absolute atomic E-state index is 0.171. The monoisotopic (exact) mass is 477 g/mol. The zero-order valence-corrected chi connectivity index (χ0v) is 18.2. The summed E-state index contributed by atoms with van der Waals surface area (Å²) in [6.07, 6.45) is 2.73. The van der Waals surface area contributed by atoms with Crippen LogP contribution in [0.5, 0.6) is 17.2 Å². The Kier molecular flexibility index (Phi) is 5.61. The van der Waals surface area contributed by atoms with Gasteiger partial charge < -0.3 is 14.2 Å². The summed E-state index contributed by atoms with van der Waals surface area (Å²) < 4.78 is 17.9. The van der Waals surface area contributed by atoms with Gasteiger partial charge in [-0.25, -0.2) is 0 Å². The molecule has 8 heteroatoms. The lowest BCUT2D eigenvalue weighted by Gasteiger charge is -2.15. The van der Waals surface area contributed by atoms with Crippen LogP contribution in [0.3, 0.4) is 0 Å². The number of hydrogen-bond donors (Lipinski definition) is 0. The second-order valence-corrected chi connectivity index (χ2v) is 8.68. The fourth-order valence-corrected chi connectivity index (χ4v) is 4.50. The zero-order valence-electron chi connectivity index (χ0n) is 14.9. The number of hydrogen-bond acceptors (Lipinski definition) is 6. The lowest BCUT2D eigenvalue weighted by molar-refractivity contribution is -0.113. The number of amides is 1. The lowest BCUT2D eigenvalue weighted by Crippen LogP contribution is -2.27. The molecule has 1 amide bonds. The Morgan fingerprint density at radius 1 is 1.25 bits per heavy atom. The molecule has 28 heavy (non-hydrogen) atoms. The SMILES string of the molecule is CCCOc1ccc(Br)cc1/C=C1/SC(=S)N(c2ccc3c(c2)OCO3)C1=O. The minimum atomic E-state index is -0.171. The molecule has 2 aromatic rings. The second-order valence-electron chi connectivity index (χ2n) is 6.09. The summed E-state index contributed by atoms with van der Waals surface area (Å²) in [5, 5.41) is 0. The van der Waals surface area contributed by atoms with Crippen molar-refractivity contribution in [1.82, 2.24) is 0 Å². The molecule has 0 atom stereocenters. The molecule has 2 aromatic carbocycles. The molecule has 1 fully saturated rings. The maximum absolute atomic E-state index is 13.1. The third-order valence-corrected chi connectivity index (χ3v) is 5.92. The van der Waals surface area contributed by atoms with Gasteiger partial charge in [-0.2, -0.15) is 0 Å². The van der Waals surface area contributed by atoms with Gasteiger partial charge in [0.2, 0.25) is 6.79 Å². The first-order chi connectivity index (χ1) is 13.6. The van der Waals surface area contributed by atoms with E-state index < -0.39 is 0 Å². The van der Waals surface area contributed by atoms with Crippen LogP contribution in [0, 0.1) is 0 Å². The van der Waals surface area contributed by atoms with Gasteiger partial charge in [-0.05, 0) is 42.8 Å². The van der Waals surface area contributed by atoms with Crippen LogP contribution < -0.4 is 19.1 Å². The molecule has 2 aliphatic rings. The fraction of sp³-hybridized carbons (Fsp3) is 0.200. The molecular formula is C20H16BrNO4S2. The predicted octanol–water partition coefficient (Wildman–Crippen LogP) is 5.37. The molecule has 0 radical (unpaired) electrons. The van der Waals surface area contributed by atoms with Gasteiger partial charge in [-0.1, -0.05) is 46.8 Å². The second kappa shape index (κ2) is 8.14. The van der Waals surface area contributed by atoms with Crippen molar-refractivity contribution >= 4 is 61.9 Å². The number of carbonyl (C=O) groups is 1. The quantitative estimate of drug-likeness (QED) is 0.425. The van der Waals surface area contributed by atoms with Crippen LogP contribution in [0.15, 0.2) is 45.8 Å². The summed E-state index contributed by atoms with van der Waals surface area (Å²) in [5.74, 6) is 1.84. The summed E-state index contributed by atoms with van der Waals surface area (Å²) in [6, 6.07) is 11.1. The Bertz CT molecular complexity index is 992. The molecule has 0 N–H and O–H groups in total. The molecule has 4 rings (SSSR count). The van der Waals surface area contributed by atoms with Gasteiger partial charge in [-0.3, -0.25) is 9.69 Å². The summed E-state index contributed by atoms with van der Waals surface area (Å²) >= 11 is 10.2. The van der Waals surface area contributed by atoms with Crippen LogP contribution in [0.1, 0.15) is 18.9 Å². The fourth-order valence-electron chi connectivity index (χ4n) is 2.83. The molecule has 0 aliphatic carbocycles. The molecule has 1 saturated heterocycles. The van der Waals surface area contributed by atoms with Gasteiger partial charge in [0.05, 0.1) is 17.2 Å². The number of anilines is 1. The van der Waals surface area contributed by atoms with Crippen LogP contribution in [-0.4, -0.2) is 23.6 Å². The molecule has 2 heterocycles. The predicted molar refractivity (Wildman–Crippen MR) is 118 cm³/mol. The Balaban J connectivity index is 1.65. The highest BCUT2D eigenvalue weighted by atomic mass is 79.9. The molecule has 0 spiro atoms. The highest BCUT2D eigenvalue weighted by Gasteiger charge is 2.34. The van der Waals surface area contributed by atoms with E-state index in [0.717, 1.165) is 22.2 Å². The topological polar surface area (TPSA) is 48.0 Å². The number of ether oxygens (including phenoxy) is 3. The standard InChI is InChI=1S/C20H16BrNO4S2/c1-2-7-24-15-5-3-13(21)8-12(15)9-18-19(23)22(20(27)28-18)14-4-6-16-17(10-14)26-11-25-16/h3-6,8-10H,2,7,11H2,1H3/b18-9+. The molecule has 0 unspecified atom stereocenters. The molecule has 5 nitrogen and oxygen atoms in total. The highest BCUT2D eigenvalue weighted by molar-refractivity contribution is 9.10. The van der Waals surface area contributed by atoms with Gasteiger partial charge in [0.25, 0.3) is 5.91 Å². The molecule has 2 aliphatic heterocycles. The largest absolute Gasteiger partial charge is 0.493 e. The Morgan fingerprint density at radius 3 is 2.89 bits per heavy atom. The van der Waals surface area contributed by atoms with Crippen LogP contribution in [0.25, 0.3) is 6.08 Å². The van der Waals surface area contributed by atoms with Crippen molar-refractivity contribution in [1.29, 1.82) is 0 Å². The van der Waals surface area contributed by atoms with E-state index in [-0.39, 0.29) is 12.7 Å². The zero-order chi connectivity index (χ0) is 19.7. The van der Waals surface area contributed by atoms with Gasteiger partial charge in [-0.15, -0.1) is 0 Å². The first-order valence-electron chi connectivity index (χ1n) is 8.67. The van der Waals surface area contributed by atoms with Crippen molar-refractivity contribution in [2.45, 2.75) is 13.3 Å². The molecule has 0 saturated carbocycles. The van der Waals surface area contributed by atoms with Gasteiger partial charge in [0, 0.05) is 16.1 Å². The van der Waals surface area contributed by atoms with Crippen molar-refractivity contribution in [3.63, 3.8) is 0 Å². The van der Waals surface area contributed by atoms with Crippen molar-refractivity contribution in [3.8, 4) is 17.2 Å². The Labute approximate surface area is 180 Å². The van der Waals surface area contributed by atoms with E-state index >= 15 is 0 Å². The van der Waals surface area contributed by atoms with Crippen LogP contribution >= 0.6 is 39.9 Å². The number of rotatable bonds is 5. The van der Waals surface area contributed by atoms with Crippen molar-refractivity contribution < 1.29 is 19.0 Å². The van der Waals surface area contributed by atoms with E-state index in [1.54, 1.807) is 18.2 Å². The maximum Gasteiger partial charge on any atom is 0.270 e. The van der Waals surface area contributed by atoms with Gasteiger partial charge >= 0.3 is 0 Å². The Morgan fingerprint density at radius 2 is 2.07 bits per heavy atom. The van der Waals surface area contributed by atoms with E-state index in [1.807, 2.05) is 24.3 Å². The maximum atomic E-state index is 13.1. The van der Waals surface area contributed by atoms with E-state index in [9.17, 15) is 4.79 Å². The number of nitrogens with zero attached hydrogens (tertiary/aromatic N) is 1. The average Bonchev–Trinajstić information content (AvgIpc) is 3.25. The molecule has 0 bridgehead atoms. The number of thiocarbonyl (C=S) groups is 1. The van der Waals surface area contributed by atoms with E-state index in [2.05, 4.69) is 22.9 Å². The van der Waals surface area contributed by atoms with Crippen molar-refractivity contribution in [2.75, 3.05) is 18.3 Å². The third-order valence-electron chi connectivity index (χ3n) is 4.13. The van der Waals surface area contributed by atoms with Gasteiger partial charge in [0.1, 0.15) is 5.75 Å². The third kappa shape index (κ3) is 3.76. The summed E-state index contributed by atoms with van der Waals surface area (Å²) in [7, 11) is 0. The number of thioether (sulfide) groups is 1. The van der Waals surface area contributed by atoms with Crippen LogP contribution in [-0.2, 0) is 4.79 Å². The summed E-state index contributed by atoms with van der Waals surface area (Å²) in [4.78, 5) is 15.1. The number of carbonyl (C=O) groups excluding carboxylic acids is 1. The molecule has 0 aromatic heterocycles. The summed E-state index contributed by atoms with van der Waals surface area (Å²) in [5.41, 5.74) is 1.49. The molecular weight excluding hydrogens is 462 g/mol. The summed E-state index contributed by atoms with van der Waals surface area (Å²) in [6.45, 7) is 2.84. The van der Waals surface area contributed by atoms with E-state index in [0.29, 0.717) is 33.0 Å². The van der Waals surface area contributed by atoms with E-state index in [1.165, 1.54) is 16.7 Å². The molecule has 144 valence electrons. The normalized spacial score (nSPS) is 16.9. The first kappa shape index (κ1) is 19.3. The van der Waals surface area contributed by atoms with Crippen molar-refractivity contribution in [3.05, 3.63) is 51.3 Å². The van der Waals surface area contributed by atoms with E-state index in [4.69, 9.17) is 26.4 Å². The highest BCUT2D eigenvalue weighted by Crippen LogP contribution is 2.41. The average molecular weight is 478 g/mol. The van der Waals surface area contributed by atoms with Crippen molar-refractivity contribution in [2.24, 2.45) is 0 Å². The first-order valence-corrected chi connectivity index (χ1v) is 10.7. The van der Waals surface area contributed by atoms with Crippen LogP contribution in [0.2, 0.25) is 0 Å². The number of halogens is 1.